The van der Waals surface area contributed by atoms with Crippen molar-refractivity contribution in [3.63, 3.8) is 0 Å². The fourth-order valence-electron chi connectivity index (χ4n) is 2.27. The third kappa shape index (κ3) is 11.6. The van der Waals surface area contributed by atoms with E-state index in [0.717, 1.165) is 38.5 Å². The lowest BCUT2D eigenvalue weighted by molar-refractivity contribution is -0.305. The first-order valence-corrected chi connectivity index (χ1v) is 8.69. The molecule has 1 fully saturated rings. The van der Waals surface area contributed by atoms with E-state index in [2.05, 4.69) is 49.5 Å². The molecule has 0 spiro atoms. The molecule has 1 saturated heterocycles. The van der Waals surface area contributed by atoms with E-state index in [1.807, 2.05) is 6.08 Å². The summed E-state index contributed by atoms with van der Waals surface area (Å²) in [6.07, 6.45) is 24.7. The van der Waals surface area contributed by atoms with Crippen LogP contribution in [-0.4, -0.2) is 18.2 Å². The first-order valence-electron chi connectivity index (χ1n) is 8.69. The fraction of sp³-hybridized carbons (Fsp3) is 0.550. The highest BCUT2D eigenvalue weighted by molar-refractivity contribution is 5.64. The van der Waals surface area contributed by atoms with Gasteiger partial charge in [-0.3, -0.25) is 0 Å². The number of carbonyl (C=O) groups is 1. The molecule has 3 heteroatoms. The largest absolute Gasteiger partial charge is 0.550 e. The topological polar surface area (TPSA) is 52.7 Å². The van der Waals surface area contributed by atoms with Crippen molar-refractivity contribution in [2.75, 3.05) is 0 Å². The molecule has 0 aliphatic carbocycles. The number of unbranched alkanes of at least 4 members (excludes halogenated alkanes) is 1. The molecule has 2 atom stereocenters. The van der Waals surface area contributed by atoms with Crippen molar-refractivity contribution in [3.05, 3.63) is 48.6 Å². The van der Waals surface area contributed by atoms with E-state index in [-0.39, 0.29) is 6.42 Å². The van der Waals surface area contributed by atoms with Crippen LogP contribution in [0.15, 0.2) is 48.6 Å². The maximum absolute atomic E-state index is 10.2. The smallest absolute Gasteiger partial charge is 0.0876 e. The van der Waals surface area contributed by atoms with Gasteiger partial charge in [0.25, 0.3) is 0 Å². The summed E-state index contributed by atoms with van der Waals surface area (Å²) in [5.41, 5.74) is 0. The van der Waals surface area contributed by atoms with Crippen molar-refractivity contribution in [2.24, 2.45) is 0 Å². The molecule has 1 heterocycles. The summed E-state index contributed by atoms with van der Waals surface area (Å²) in [6.45, 7) is 2.16. The SMILES string of the molecule is CCC1OC1C/C=C\C/C=C\C/C=C\C/C=C\CCCC(=O)[O-]. The Morgan fingerprint density at radius 1 is 0.913 bits per heavy atom. The van der Waals surface area contributed by atoms with Gasteiger partial charge in [0.1, 0.15) is 0 Å². The Hall–Kier alpha value is -1.61. The number of epoxide rings is 1. The van der Waals surface area contributed by atoms with Crippen molar-refractivity contribution in [1.29, 1.82) is 0 Å². The lowest BCUT2D eigenvalue weighted by Gasteiger charge is -1.97. The Morgan fingerprint density at radius 2 is 1.48 bits per heavy atom. The van der Waals surface area contributed by atoms with E-state index in [9.17, 15) is 9.90 Å². The number of rotatable bonds is 13. The zero-order valence-corrected chi connectivity index (χ0v) is 14.2. The van der Waals surface area contributed by atoms with Crippen LogP contribution in [0.3, 0.4) is 0 Å². The molecule has 0 aromatic heterocycles. The monoisotopic (exact) mass is 317 g/mol. The van der Waals surface area contributed by atoms with Gasteiger partial charge in [0.05, 0.1) is 12.2 Å². The molecule has 0 N–H and O–H groups in total. The molecule has 0 amide bonds. The average Bonchev–Trinajstić information content (AvgIpc) is 3.29. The number of carboxylic acid groups (broad SMARTS) is 1. The van der Waals surface area contributed by atoms with Crippen LogP contribution in [0, 0.1) is 0 Å². The van der Waals surface area contributed by atoms with Crippen LogP contribution in [0.4, 0.5) is 0 Å². The Morgan fingerprint density at radius 3 is 2.00 bits per heavy atom. The summed E-state index contributed by atoms with van der Waals surface area (Å²) in [7, 11) is 0. The Bertz CT molecular complexity index is 432. The standard InChI is InChI=1S/C20H30O3/c1-2-18-19(23-18)16-14-12-10-8-6-4-3-5-7-9-11-13-15-17-20(21)22/h3,5-6,8-9,11-12,14,18-19H,2,4,7,10,13,15-17H2,1H3,(H,21,22)/p-1/b5-3-,8-6-,11-9-,14-12-. The molecule has 0 aromatic carbocycles. The van der Waals surface area contributed by atoms with Gasteiger partial charge in [-0.2, -0.15) is 0 Å². The minimum atomic E-state index is -0.967. The maximum atomic E-state index is 10.2. The van der Waals surface area contributed by atoms with Crippen LogP contribution in [0.2, 0.25) is 0 Å². The quantitative estimate of drug-likeness (QED) is 0.294. The molecule has 1 aliphatic heterocycles. The predicted molar refractivity (Wildman–Crippen MR) is 92.8 cm³/mol. The van der Waals surface area contributed by atoms with Crippen molar-refractivity contribution < 1.29 is 14.6 Å². The number of aliphatic carboxylic acids is 1. The van der Waals surface area contributed by atoms with Crippen LogP contribution in [-0.2, 0) is 9.53 Å². The van der Waals surface area contributed by atoms with Crippen LogP contribution in [0.25, 0.3) is 0 Å². The third-order valence-corrected chi connectivity index (χ3v) is 3.69. The molecule has 128 valence electrons. The van der Waals surface area contributed by atoms with Crippen molar-refractivity contribution in [3.8, 4) is 0 Å². The van der Waals surface area contributed by atoms with Gasteiger partial charge in [-0.1, -0.05) is 55.5 Å². The van der Waals surface area contributed by atoms with Crippen molar-refractivity contribution in [1.82, 2.24) is 0 Å². The van der Waals surface area contributed by atoms with E-state index in [1.54, 1.807) is 0 Å². The molecule has 0 radical (unpaired) electrons. The number of hydrogen-bond acceptors (Lipinski definition) is 3. The molecular formula is C20H29O3-. The van der Waals surface area contributed by atoms with Gasteiger partial charge in [-0.15, -0.1) is 0 Å². The van der Waals surface area contributed by atoms with Gasteiger partial charge in [0, 0.05) is 5.97 Å². The van der Waals surface area contributed by atoms with Gasteiger partial charge in [-0.05, 0) is 51.4 Å². The summed E-state index contributed by atoms with van der Waals surface area (Å²) < 4.78 is 5.48. The molecule has 1 rings (SSSR count). The average molecular weight is 317 g/mol. The second kappa shape index (κ2) is 12.9. The van der Waals surface area contributed by atoms with E-state index in [4.69, 9.17) is 4.74 Å². The van der Waals surface area contributed by atoms with Crippen LogP contribution in [0.5, 0.6) is 0 Å². The molecule has 1 aliphatic rings. The minimum absolute atomic E-state index is 0.145. The summed E-state index contributed by atoms with van der Waals surface area (Å²) in [6, 6.07) is 0. The molecule has 2 unspecified atom stereocenters. The lowest BCUT2D eigenvalue weighted by atomic mass is 10.2. The minimum Gasteiger partial charge on any atom is -0.550 e. The highest BCUT2D eigenvalue weighted by atomic mass is 16.6. The van der Waals surface area contributed by atoms with Gasteiger partial charge < -0.3 is 14.6 Å². The summed E-state index contributed by atoms with van der Waals surface area (Å²) in [5.74, 6) is -0.967. The Balaban J connectivity index is 1.90. The van der Waals surface area contributed by atoms with Gasteiger partial charge in [0.2, 0.25) is 0 Å². The first kappa shape index (κ1) is 19.4. The second-order valence-electron chi connectivity index (χ2n) is 5.71. The van der Waals surface area contributed by atoms with Gasteiger partial charge >= 0.3 is 0 Å². The number of hydrogen-bond donors (Lipinski definition) is 0. The maximum Gasteiger partial charge on any atom is 0.0876 e. The predicted octanol–water partition coefficient (Wildman–Crippen LogP) is 3.87. The van der Waals surface area contributed by atoms with Gasteiger partial charge in [0.15, 0.2) is 0 Å². The Labute approximate surface area is 140 Å². The van der Waals surface area contributed by atoms with Crippen molar-refractivity contribution >= 4 is 5.97 Å². The number of ether oxygens (including phenoxy) is 1. The summed E-state index contributed by atoms with van der Waals surface area (Å²) in [5, 5.41) is 10.2. The Kier molecular flexibility index (Phi) is 10.9. The van der Waals surface area contributed by atoms with Crippen LogP contribution >= 0.6 is 0 Å². The molecular weight excluding hydrogens is 288 g/mol. The third-order valence-electron chi connectivity index (χ3n) is 3.69. The summed E-state index contributed by atoms with van der Waals surface area (Å²) >= 11 is 0. The van der Waals surface area contributed by atoms with Gasteiger partial charge in [-0.25, -0.2) is 0 Å². The lowest BCUT2D eigenvalue weighted by Crippen LogP contribution is -2.21. The molecule has 23 heavy (non-hydrogen) atoms. The molecule has 0 saturated carbocycles. The van der Waals surface area contributed by atoms with E-state index >= 15 is 0 Å². The number of carboxylic acids is 1. The zero-order chi connectivity index (χ0) is 16.8. The normalized spacial score (nSPS) is 21.3. The fourth-order valence-corrected chi connectivity index (χ4v) is 2.27. The number of allylic oxidation sites excluding steroid dienone is 7. The van der Waals surface area contributed by atoms with E-state index in [1.165, 1.54) is 0 Å². The second-order valence-corrected chi connectivity index (χ2v) is 5.71. The van der Waals surface area contributed by atoms with E-state index in [0.29, 0.717) is 18.6 Å². The first-order chi connectivity index (χ1) is 11.2. The van der Waals surface area contributed by atoms with Crippen molar-refractivity contribution in [2.45, 2.75) is 70.5 Å². The highest BCUT2D eigenvalue weighted by Gasteiger charge is 2.35. The molecule has 0 aromatic rings. The van der Waals surface area contributed by atoms with Crippen LogP contribution in [0.1, 0.15) is 58.3 Å². The number of carbonyl (C=O) groups excluding carboxylic acids is 1. The molecule has 0 bridgehead atoms. The zero-order valence-electron chi connectivity index (χ0n) is 14.2. The molecule has 3 nitrogen and oxygen atoms in total. The van der Waals surface area contributed by atoms with Crippen LogP contribution < -0.4 is 5.11 Å². The summed E-state index contributed by atoms with van der Waals surface area (Å²) in [4.78, 5) is 10.2. The van der Waals surface area contributed by atoms with E-state index < -0.39 is 5.97 Å². The highest BCUT2D eigenvalue weighted by Crippen LogP contribution is 2.28.